The number of hydrogen-bond donors (Lipinski definition) is 2. The van der Waals surface area contributed by atoms with E-state index in [1.807, 2.05) is 32.4 Å². The Labute approximate surface area is 163 Å². The van der Waals surface area contributed by atoms with E-state index < -0.39 is 26.9 Å². The maximum absolute atomic E-state index is 14.0. The molecule has 0 aliphatic heterocycles. The number of urea groups is 1. The van der Waals surface area contributed by atoms with Gasteiger partial charge in [0, 0.05) is 18.1 Å². The number of carbonyl (C=O) groups is 1. The van der Waals surface area contributed by atoms with Gasteiger partial charge in [0.2, 0.25) is 5.03 Å². The monoisotopic (exact) mass is 410 g/mol. The first-order chi connectivity index (χ1) is 13.1. The fraction of sp³-hybridized carbons (Fsp3) is 0.389. The molecule has 0 saturated heterocycles. The second-order valence-corrected chi connectivity index (χ2v) is 8.30. The summed E-state index contributed by atoms with van der Waals surface area (Å²) in [5.41, 5.74) is 1.51. The third kappa shape index (κ3) is 4.75. The summed E-state index contributed by atoms with van der Waals surface area (Å²) >= 11 is 0. The van der Waals surface area contributed by atoms with Gasteiger partial charge in [-0.15, -0.1) is 0 Å². The first kappa shape index (κ1) is 21.5. The van der Waals surface area contributed by atoms with Gasteiger partial charge in [-0.1, -0.05) is 27.7 Å². The van der Waals surface area contributed by atoms with Crippen molar-refractivity contribution in [1.82, 2.24) is 14.7 Å². The molecule has 10 heteroatoms. The molecule has 0 aliphatic carbocycles. The van der Waals surface area contributed by atoms with Gasteiger partial charge in [-0.25, -0.2) is 23.9 Å². The molecule has 1 aromatic carbocycles. The molecule has 2 N–H and O–H groups in total. The molecule has 8 nitrogen and oxygen atoms in total. The lowest BCUT2D eigenvalue weighted by atomic mass is 9.92. The number of sulfonamides is 1. The summed E-state index contributed by atoms with van der Waals surface area (Å²) in [6.45, 7) is 7.40. The van der Waals surface area contributed by atoms with E-state index >= 15 is 0 Å². The van der Waals surface area contributed by atoms with E-state index in [0.717, 1.165) is 0 Å². The van der Waals surface area contributed by atoms with Gasteiger partial charge in [-0.3, -0.25) is 0 Å². The van der Waals surface area contributed by atoms with E-state index in [1.54, 1.807) is 0 Å². The predicted molar refractivity (Wildman–Crippen MR) is 103 cm³/mol. The number of hydrogen-bond acceptors (Lipinski definition) is 6. The summed E-state index contributed by atoms with van der Waals surface area (Å²) < 4.78 is 45.7. The van der Waals surface area contributed by atoms with Crippen LogP contribution in [0.4, 0.5) is 14.9 Å². The predicted octanol–water partition coefficient (Wildman–Crippen LogP) is 3.38. The molecule has 2 amide bonds. The summed E-state index contributed by atoms with van der Waals surface area (Å²) in [7, 11) is -3.09. The standard InChI is InChI=1S/C18H23FN4O4S/c1-10(2)13-8-12(19)9-14(11(3)4)15(13)22-18(24)23-28(25,26)17-16(27-5)20-6-7-21-17/h6-11H,1-5H3,(H2,22,23,24). The number of halogens is 1. The quantitative estimate of drug-likeness (QED) is 0.755. The van der Waals surface area contributed by atoms with Crippen LogP contribution >= 0.6 is 0 Å². The number of benzene rings is 1. The first-order valence-corrected chi connectivity index (χ1v) is 10.1. The van der Waals surface area contributed by atoms with Gasteiger partial charge in [0.25, 0.3) is 15.9 Å². The minimum absolute atomic E-state index is 0.0970. The summed E-state index contributed by atoms with van der Waals surface area (Å²) in [5.74, 6) is -0.856. The van der Waals surface area contributed by atoms with Gasteiger partial charge in [0.1, 0.15) is 5.82 Å². The second kappa shape index (κ2) is 8.51. The smallest absolute Gasteiger partial charge is 0.333 e. The Morgan fingerprint density at radius 2 is 1.61 bits per heavy atom. The summed E-state index contributed by atoms with van der Waals surface area (Å²) in [6, 6.07) is 1.65. The maximum atomic E-state index is 14.0. The molecule has 0 radical (unpaired) electrons. The fourth-order valence-corrected chi connectivity index (χ4v) is 3.61. The normalized spacial score (nSPS) is 11.6. The summed E-state index contributed by atoms with van der Waals surface area (Å²) in [5, 5.41) is 2.03. The molecule has 0 saturated carbocycles. The molecule has 0 bridgehead atoms. The van der Waals surface area contributed by atoms with Crippen molar-refractivity contribution in [1.29, 1.82) is 0 Å². The fourth-order valence-electron chi connectivity index (χ4n) is 2.65. The molecule has 1 aromatic heterocycles. The van der Waals surface area contributed by atoms with Crippen molar-refractivity contribution in [3.63, 3.8) is 0 Å². The van der Waals surface area contributed by atoms with E-state index in [1.165, 1.54) is 31.6 Å². The summed E-state index contributed by atoms with van der Waals surface area (Å²) in [4.78, 5) is 19.9. The van der Waals surface area contributed by atoms with Gasteiger partial charge < -0.3 is 10.1 Å². The number of nitrogens with one attached hydrogen (secondary N) is 2. The Bertz CT molecular complexity index is 948. The van der Waals surface area contributed by atoms with E-state index in [9.17, 15) is 17.6 Å². The van der Waals surface area contributed by atoms with Crippen molar-refractivity contribution in [3.05, 3.63) is 41.5 Å². The average molecular weight is 410 g/mol. The molecule has 2 aromatic rings. The Hall–Kier alpha value is -2.75. The van der Waals surface area contributed by atoms with E-state index in [-0.39, 0.29) is 17.7 Å². The molecule has 0 unspecified atom stereocenters. The Morgan fingerprint density at radius 1 is 1.07 bits per heavy atom. The van der Waals surface area contributed by atoms with Crippen LogP contribution in [-0.4, -0.2) is 31.5 Å². The largest absolute Gasteiger partial charge is 0.479 e. The van der Waals surface area contributed by atoms with Crippen molar-refractivity contribution in [2.24, 2.45) is 0 Å². The molecule has 28 heavy (non-hydrogen) atoms. The Balaban J connectivity index is 2.38. The lowest BCUT2D eigenvalue weighted by molar-refractivity contribution is 0.256. The minimum atomic E-state index is -4.33. The van der Waals surface area contributed by atoms with Gasteiger partial charge >= 0.3 is 6.03 Å². The van der Waals surface area contributed by atoms with Crippen LogP contribution in [0.1, 0.15) is 50.7 Å². The van der Waals surface area contributed by atoms with Crippen LogP contribution in [-0.2, 0) is 10.0 Å². The van der Waals surface area contributed by atoms with Crippen LogP contribution in [0.25, 0.3) is 0 Å². The Morgan fingerprint density at radius 3 is 2.11 bits per heavy atom. The molecule has 0 atom stereocenters. The van der Waals surface area contributed by atoms with E-state index in [0.29, 0.717) is 16.8 Å². The molecule has 1 heterocycles. The highest BCUT2D eigenvalue weighted by Crippen LogP contribution is 2.33. The zero-order valence-electron chi connectivity index (χ0n) is 16.3. The molecule has 0 fully saturated rings. The van der Waals surface area contributed by atoms with Crippen LogP contribution in [0.5, 0.6) is 5.88 Å². The third-order valence-electron chi connectivity index (χ3n) is 3.95. The van der Waals surface area contributed by atoms with Crippen molar-refractivity contribution in [2.45, 2.75) is 44.6 Å². The number of rotatable bonds is 6. The van der Waals surface area contributed by atoms with Crippen molar-refractivity contribution in [2.75, 3.05) is 12.4 Å². The molecule has 0 aliphatic rings. The maximum Gasteiger partial charge on any atom is 0.333 e. The number of methoxy groups -OCH3 is 1. The van der Waals surface area contributed by atoms with E-state index in [2.05, 4.69) is 15.3 Å². The second-order valence-electron chi connectivity index (χ2n) is 6.70. The zero-order valence-corrected chi connectivity index (χ0v) is 17.1. The topological polar surface area (TPSA) is 110 Å². The highest BCUT2D eigenvalue weighted by Gasteiger charge is 2.26. The van der Waals surface area contributed by atoms with Crippen molar-refractivity contribution in [3.8, 4) is 5.88 Å². The van der Waals surface area contributed by atoms with Crippen LogP contribution in [0.3, 0.4) is 0 Å². The zero-order chi connectivity index (χ0) is 21.1. The van der Waals surface area contributed by atoms with Crippen molar-refractivity contribution >= 4 is 21.7 Å². The number of carbonyl (C=O) groups excluding carboxylic acids is 1. The number of anilines is 1. The SMILES string of the molecule is COc1nccnc1S(=O)(=O)NC(=O)Nc1c(C(C)C)cc(F)cc1C(C)C. The number of nitrogens with zero attached hydrogens (tertiary/aromatic N) is 2. The van der Waals surface area contributed by atoms with Gasteiger partial charge in [0.05, 0.1) is 7.11 Å². The van der Waals surface area contributed by atoms with Crippen LogP contribution in [0.2, 0.25) is 0 Å². The average Bonchev–Trinajstić information content (AvgIpc) is 2.61. The minimum Gasteiger partial charge on any atom is -0.479 e. The van der Waals surface area contributed by atoms with Crippen LogP contribution in [0, 0.1) is 5.82 Å². The van der Waals surface area contributed by atoms with Crippen LogP contribution < -0.4 is 14.8 Å². The Kier molecular flexibility index (Phi) is 6.55. The summed E-state index contributed by atoms with van der Waals surface area (Å²) in [6.07, 6.45) is 2.43. The number of ether oxygens (including phenoxy) is 1. The van der Waals surface area contributed by atoms with Gasteiger partial charge in [-0.05, 0) is 35.1 Å². The van der Waals surface area contributed by atoms with Gasteiger partial charge in [-0.2, -0.15) is 8.42 Å². The first-order valence-electron chi connectivity index (χ1n) is 8.59. The highest BCUT2D eigenvalue weighted by molar-refractivity contribution is 7.90. The lowest BCUT2D eigenvalue weighted by Crippen LogP contribution is -2.35. The third-order valence-corrected chi connectivity index (χ3v) is 5.20. The molecular weight excluding hydrogens is 387 g/mol. The highest BCUT2D eigenvalue weighted by atomic mass is 32.2. The number of amides is 2. The molecule has 0 spiro atoms. The van der Waals surface area contributed by atoms with E-state index in [4.69, 9.17) is 4.74 Å². The lowest BCUT2D eigenvalue weighted by Gasteiger charge is -2.20. The van der Waals surface area contributed by atoms with Crippen LogP contribution in [0.15, 0.2) is 29.6 Å². The molecule has 152 valence electrons. The molecular formula is C18H23FN4O4S. The molecule has 2 rings (SSSR count). The van der Waals surface area contributed by atoms with Gasteiger partial charge in [0.15, 0.2) is 0 Å². The van der Waals surface area contributed by atoms with Crippen molar-refractivity contribution < 1.29 is 22.3 Å². The number of aromatic nitrogens is 2.